The van der Waals surface area contributed by atoms with Crippen LogP contribution in [0.15, 0.2) is 42.5 Å². The maximum atomic E-state index is 3.73. The van der Waals surface area contributed by atoms with Crippen molar-refractivity contribution in [3.8, 4) is 0 Å². The molecule has 0 bridgehead atoms. The predicted molar refractivity (Wildman–Crippen MR) is 89.8 cm³/mol. The Labute approximate surface area is 128 Å². The van der Waals surface area contributed by atoms with Crippen molar-refractivity contribution >= 4 is 0 Å². The van der Waals surface area contributed by atoms with Gasteiger partial charge in [-0.15, -0.1) is 0 Å². The minimum absolute atomic E-state index is 0.429. The van der Waals surface area contributed by atoms with Crippen LogP contribution in [0.3, 0.4) is 0 Å². The molecule has 1 aliphatic rings. The van der Waals surface area contributed by atoms with Crippen LogP contribution < -0.4 is 5.32 Å². The van der Waals surface area contributed by atoms with E-state index < -0.39 is 0 Å². The van der Waals surface area contributed by atoms with Gasteiger partial charge in [-0.2, -0.15) is 0 Å². The van der Waals surface area contributed by atoms with E-state index in [-0.39, 0.29) is 0 Å². The Morgan fingerprint density at radius 3 is 2.67 bits per heavy atom. The normalized spacial score (nSPS) is 18.5. The fraction of sp³-hybridized carbons (Fsp3) is 0.400. The highest BCUT2D eigenvalue weighted by Gasteiger charge is 2.30. The minimum atomic E-state index is 0.429. The van der Waals surface area contributed by atoms with E-state index in [0.29, 0.717) is 12.0 Å². The van der Waals surface area contributed by atoms with E-state index in [1.54, 1.807) is 5.56 Å². The average molecular weight is 279 g/mol. The molecule has 1 N–H and O–H groups in total. The highest BCUT2D eigenvalue weighted by Crippen LogP contribution is 2.41. The molecule has 1 heteroatoms. The lowest BCUT2D eigenvalue weighted by Gasteiger charge is -2.26. The Morgan fingerprint density at radius 1 is 1.10 bits per heavy atom. The summed E-state index contributed by atoms with van der Waals surface area (Å²) in [5.41, 5.74) is 7.28. The summed E-state index contributed by atoms with van der Waals surface area (Å²) in [6.45, 7) is 7.61. The van der Waals surface area contributed by atoms with Crippen LogP contribution in [0, 0.1) is 13.8 Å². The maximum absolute atomic E-state index is 3.73. The monoisotopic (exact) mass is 279 g/mol. The molecule has 21 heavy (non-hydrogen) atoms. The van der Waals surface area contributed by atoms with Crippen molar-refractivity contribution in [3.63, 3.8) is 0 Å². The van der Waals surface area contributed by atoms with Crippen LogP contribution in [0.4, 0.5) is 0 Å². The molecule has 2 aromatic rings. The van der Waals surface area contributed by atoms with E-state index in [0.717, 1.165) is 6.54 Å². The Morgan fingerprint density at radius 2 is 1.90 bits per heavy atom. The molecule has 2 unspecified atom stereocenters. The summed E-state index contributed by atoms with van der Waals surface area (Å²) < 4.78 is 0. The van der Waals surface area contributed by atoms with Crippen molar-refractivity contribution in [1.29, 1.82) is 0 Å². The van der Waals surface area contributed by atoms with Crippen molar-refractivity contribution in [1.82, 2.24) is 5.32 Å². The topological polar surface area (TPSA) is 12.0 Å². The van der Waals surface area contributed by atoms with E-state index in [1.165, 1.54) is 35.1 Å². The zero-order chi connectivity index (χ0) is 14.8. The Kier molecular flexibility index (Phi) is 4.12. The predicted octanol–water partition coefficient (Wildman–Crippen LogP) is 4.68. The third-order valence-corrected chi connectivity index (χ3v) is 4.90. The van der Waals surface area contributed by atoms with Gasteiger partial charge >= 0.3 is 0 Å². The van der Waals surface area contributed by atoms with Crippen LogP contribution in [0.1, 0.15) is 53.1 Å². The molecule has 0 heterocycles. The molecule has 0 amide bonds. The van der Waals surface area contributed by atoms with E-state index in [1.807, 2.05) is 0 Å². The molecule has 0 spiro atoms. The molecular formula is C20H25N. The molecule has 110 valence electrons. The minimum Gasteiger partial charge on any atom is -0.310 e. The number of nitrogens with one attached hydrogen (secondary N) is 1. The van der Waals surface area contributed by atoms with E-state index in [2.05, 4.69) is 68.6 Å². The molecule has 0 saturated carbocycles. The van der Waals surface area contributed by atoms with Gasteiger partial charge in [0.25, 0.3) is 0 Å². The smallest absolute Gasteiger partial charge is 0.0389 e. The van der Waals surface area contributed by atoms with Gasteiger partial charge in [0.15, 0.2) is 0 Å². The average Bonchev–Trinajstić information content (AvgIpc) is 2.92. The Bertz CT molecular complexity index is 629. The van der Waals surface area contributed by atoms with E-state index in [9.17, 15) is 0 Å². The number of hydrogen-bond donors (Lipinski definition) is 1. The SMILES string of the molecule is CCNC(c1ccc(C)c(C)c1)C1CCc2ccccc21. The summed E-state index contributed by atoms with van der Waals surface area (Å²) in [5.74, 6) is 0.600. The number of benzene rings is 2. The zero-order valence-corrected chi connectivity index (χ0v) is 13.3. The standard InChI is InChI=1S/C20H25N/c1-4-21-20(17-10-9-14(2)15(3)13-17)19-12-11-16-7-5-6-8-18(16)19/h5-10,13,19-21H,4,11-12H2,1-3H3. The number of hydrogen-bond acceptors (Lipinski definition) is 1. The third-order valence-electron chi connectivity index (χ3n) is 4.90. The van der Waals surface area contributed by atoms with Crippen molar-refractivity contribution in [2.24, 2.45) is 0 Å². The van der Waals surface area contributed by atoms with Crippen LogP contribution >= 0.6 is 0 Å². The molecule has 0 radical (unpaired) electrons. The molecule has 1 aliphatic carbocycles. The summed E-state index contributed by atoms with van der Waals surface area (Å²) in [6.07, 6.45) is 2.47. The molecule has 2 atom stereocenters. The molecule has 2 aromatic carbocycles. The van der Waals surface area contributed by atoms with E-state index >= 15 is 0 Å². The van der Waals surface area contributed by atoms with Crippen LogP contribution in [-0.2, 0) is 6.42 Å². The third kappa shape index (κ3) is 2.75. The first-order chi connectivity index (χ1) is 10.2. The van der Waals surface area contributed by atoms with Gasteiger partial charge in [0, 0.05) is 12.0 Å². The van der Waals surface area contributed by atoms with Gasteiger partial charge in [0.1, 0.15) is 0 Å². The second-order valence-corrected chi connectivity index (χ2v) is 6.22. The van der Waals surface area contributed by atoms with Crippen molar-refractivity contribution in [3.05, 3.63) is 70.3 Å². The molecule has 1 nitrogen and oxygen atoms in total. The van der Waals surface area contributed by atoms with Crippen molar-refractivity contribution < 1.29 is 0 Å². The maximum Gasteiger partial charge on any atom is 0.0389 e. The Balaban J connectivity index is 1.97. The largest absolute Gasteiger partial charge is 0.310 e. The summed E-state index contributed by atoms with van der Waals surface area (Å²) >= 11 is 0. The van der Waals surface area contributed by atoms with E-state index in [4.69, 9.17) is 0 Å². The quantitative estimate of drug-likeness (QED) is 0.856. The molecular weight excluding hydrogens is 254 g/mol. The fourth-order valence-electron chi connectivity index (χ4n) is 3.61. The number of aryl methyl sites for hydroxylation is 3. The first-order valence-corrected chi connectivity index (χ1v) is 8.09. The summed E-state index contributed by atoms with van der Waals surface area (Å²) in [7, 11) is 0. The van der Waals surface area contributed by atoms with Gasteiger partial charge in [-0.05, 0) is 61.1 Å². The Hall–Kier alpha value is -1.60. The summed E-state index contributed by atoms with van der Waals surface area (Å²) in [5, 5.41) is 3.73. The van der Waals surface area contributed by atoms with Gasteiger partial charge in [-0.25, -0.2) is 0 Å². The van der Waals surface area contributed by atoms with Gasteiger partial charge < -0.3 is 5.32 Å². The van der Waals surface area contributed by atoms with Crippen LogP contribution in [-0.4, -0.2) is 6.54 Å². The lowest BCUT2D eigenvalue weighted by molar-refractivity contribution is 0.453. The first kappa shape index (κ1) is 14.3. The van der Waals surface area contributed by atoms with Gasteiger partial charge in [0.2, 0.25) is 0 Å². The van der Waals surface area contributed by atoms with Gasteiger partial charge in [-0.3, -0.25) is 0 Å². The van der Waals surface area contributed by atoms with Crippen molar-refractivity contribution in [2.75, 3.05) is 6.54 Å². The molecule has 0 fully saturated rings. The van der Waals surface area contributed by atoms with Crippen LogP contribution in [0.2, 0.25) is 0 Å². The summed E-state index contributed by atoms with van der Waals surface area (Å²) in [6, 6.07) is 16.3. The lowest BCUT2D eigenvalue weighted by atomic mass is 9.87. The van der Waals surface area contributed by atoms with Crippen molar-refractivity contribution in [2.45, 2.75) is 45.6 Å². The van der Waals surface area contributed by atoms with Crippen LogP contribution in [0.5, 0.6) is 0 Å². The zero-order valence-electron chi connectivity index (χ0n) is 13.3. The summed E-state index contributed by atoms with van der Waals surface area (Å²) in [4.78, 5) is 0. The fourth-order valence-corrected chi connectivity index (χ4v) is 3.61. The highest BCUT2D eigenvalue weighted by atomic mass is 14.9. The number of fused-ring (bicyclic) bond motifs is 1. The molecule has 0 aromatic heterocycles. The lowest BCUT2D eigenvalue weighted by Crippen LogP contribution is -2.26. The molecule has 3 rings (SSSR count). The highest BCUT2D eigenvalue weighted by molar-refractivity contribution is 5.40. The second kappa shape index (κ2) is 6.03. The van der Waals surface area contributed by atoms with Gasteiger partial charge in [0.05, 0.1) is 0 Å². The molecule has 0 saturated heterocycles. The number of rotatable bonds is 4. The number of likely N-dealkylation sites (N-methyl/N-ethyl adjacent to an activating group) is 1. The molecule has 0 aliphatic heterocycles. The second-order valence-electron chi connectivity index (χ2n) is 6.22. The van der Waals surface area contributed by atoms with Gasteiger partial charge in [-0.1, -0.05) is 49.4 Å². The van der Waals surface area contributed by atoms with Crippen LogP contribution in [0.25, 0.3) is 0 Å². The first-order valence-electron chi connectivity index (χ1n) is 8.09.